The van der Waals surface area contributed by atoms with Crippen molar-refractivity contribution in [1.82, 2.24) is 0 Å². The van der Waals surface area contributed by atoms with Crippen LogP contribution in [-0.2, 0) is 20.6 Å². The van der Waals surface area contributed by atoms with Crippen LogP contribution < -0.4 is 0 Å². The summed E-state index contributed by atoms with van der Waals surface area (Å²) in [4.78, 5) is 11.3. The predicted molar refractivity (Wildman–Crippen MR) is 71.0 cm³/mol. The standard InChI is InChI=1S/C15H20O4/c1-17-15(16)13-8-6-12(7-9-13)4-2-5-14-18-10-3-11-19-14/h6-9,14H,2-5,10-11H2,1H3. The van der Waals surface area contributed by atoms with Gasteiger partial charge in [0.1, 0.15) is 0 Å². The van der Waals surface area contributed by atoms with Gasteiger partial charge in [0.25, 0.3) is 0 Å². The average Bonchev–Trinajstić information content (AvgIpc) is 2.48. The van der Waals surface area contributed by atoms with Gasteiger partial charge in [-0.25, -0.2) is 4.79 Å². The molecule has 1 fully saturated rings. The molecule has 0 saturated carbocycles. The third-order valence-electron chi connectivity index (χ3n) is 3.18. The molecule has 1 aromatic rings. The van der Waals surface area contributed by atoms with Crippen LogP contribution in [0.2, 0.25) is 0 Å². The molecule has 0 N–H and O–H groups in total. The van der Waals surface area contributed by atoms with Gasteiger partial charge in [-0.3, -0.25) is 0 Å². The van der Waals surface area contributed by atoms with Gasteiger partial charge in [0.2, 0.25) is 0 Å². The number of methoxy groups -OCH3 is 1. The van der Waals surface area contributed by atoms with Crippen molar-refractivity contribution in [2.75, 3.05) is 20.3 Å². The van der Waals surface area contributed by atoms with E-state index in [1.165, 1.54) is 12.7 Å². The van der Waals surface area contributed by atoms with Crippen LogP contribution >= 0.6 is 0 Å². The number of esters is 1. The number of hydrogen-bond acceptors (Lipinski definition) is 4. The van der Waals surface area contributed by atoms with Crippen LogP contribution in [0.5, 0.6) is 0 Å². The maximum Gasteiger partial charge on any atom is 0.337 e. The lowest BCUT2D eigenvalue weighted by molar-refractivity contribution is -0.181. The first-order chi connectivity index (χ1) is 9.29. The SMILES string of the molecule is COC(=O)c1ccc(CCCC2OCCCO2)cc1. The van der Waals surface area contributed by atoms with E-state index < -0.39 is 0 Å². The molecule has 0 radical (unpaired) electrons. The number of ether oxygens (including phenoxy) is 3. The Labute approximate surface area is 113 Å². The van der Waals surface area contributed by atoms with Crippen LogP contribution in [0.1, 0.15) is 35.2 Å². The van der Waals surface area contributed by atoms with Gasteiger partial charge in [0.05, 0.1) is 25.9 Å². The van der Waals surface area contributed by atoms with Gasteiger partial charge < -0.3 is 14.2 Å². The molecule has 0 aliphatic carbocycles. The average molecular weight is 264 g/mol. The summed E-state index contributed by atoms with van der Waals surface area (Å²) in [6, 6.07) is 7.53. The molecule has 4 nitrogen and oxygen atoms in total. The molecule has 1 saturated heterocycles. The largest absolute Gasteiger partial charge is 0.465 e. The van der Waals surface area contributed by atoms with Gasteiger partial charge in [-0.15, -0.1) is 0 Å². The lowest BCUT2D eigenvalue weighted by Gasteiger charge is -2.23. The first-order valence-corrected chi connectivity index (χ1v) is 6.70. The summed E-state index contributed by atoms with van der Waals surface area (Å²) >= 11 is 0. The van der Waals surface area contributed by atoms with Crippen LogP contribution in [-0.4, -0.2) is 32.6 Å². The van der Waals surface area contributed by atoms with Gasteiger partial charge in [-0.05, 0) is 43.4 Å². The number of benzene rings is 1. The molecule has 19 heavy (non-hydrogen) atoms. The van der Waals surface area contributed by atoms with E-state index in [-0.39, 0.29) is 12.3 Å². The van der Waals surface area contributed by atoms with E-state index in [0.29, 0.717) is 5.56 Å². The Morgan fingerprint density at radius 1 is 1.26 bits per heavy atom. The molecule has 1 aromatic carbocycles. The molecule has 0 spiro atoms. The number of hydrogen-bond donors (Lipinski definition) is 0. The maximum atomic E-state index is 11.3. The van der Waals surface area contributed by atoms with Crippen molar-refractivity contribution in [2.24, 2.45) is 0 Å². The second-order valence-corrected chi connectivity index (χ2v) is 4.61. The number of carbonyl (C=O) groups excluding carboxylic acids is 1. The van der Waals surface area contributed by atoms with Crippen molar-refractivity contribution in [3.63, 3.8) is 0 Å². The first-order valence-electron chi connectivity index (χ1n) is 6.70. The summed E-state index contributed by atoms with van der Waals surface area (Å²) < 4.78 is 15.7. The summed E-state index contributed by atoms with van der Waals surface area (Å²) in [5.41, 5.74) is 1.80. The zero-order chi connectivity index (χ0) is 13.5. The van der Waals surface area contributed by atoms with Gasteiger partial charge >= 0.3 is 5.97 Å². The number of rotatable bonds is 5. The van der Waals surface area contributed by atoms with Crippen LogP contribution in [0.25, 0.3) is 0 Å². The molecule has 2 rings (SSSR count). The van der Waals surface area contributed by atoms with E-state index in [4.69, 9.17) is 9.47 Å². The van der Waals surface area contributed by atoms with Crippen LogP contribution in [0.15, 0.2) is 24.3 Å². The number of carbonyl (C=O) groups is 1. The van der Waals surface area contributed by atoms with Gasteiger partial charge in [0.15, 0.2) is 6.29 Å². The molecule has 0 atom stereocenters. The van der Waals surface area contributed by atoms with Crippen LogP contribution in [0, 0.1) is 0 Å². The molecule has 0 unspecified atom stereocenters. The Kier molecular flexibility index (Phi) is 5.36. The summed E-state index contributed by atoms with van der Waals surface area (Å²) in [5.74, 6) is -0.296. The molecule has 0 aromatic heterocycles. The Balaban J connectivity index is 1.75. The van der Waals surface area contributed by atoms with Crippen molar-refractivity contribution < 1.29 is 19.0 Å². The molecule has 0 bridgehead atoms. The molecule has 1 heterocycles. The summed E-state index contributed by atoms with van der Waals surface area (Å²) in [6.45, 7) is 1.61. The van der Waals surface area contributed by atoms with Crippen LogP contribution in [0.3, 0.4) is 0 Å². The predicted octanol–water partition coefficient (Wildman–Crippen LogP) is 2.56. The smallest absolute Gasteiger partial charge is 0.337 e. The van der Waals surface area contributed by atoms with Gasteiger partial charge in [-0.1, -0.05) is 12.1 Å². The Hall–Kier alpha value is -1.39. The van der Waals surface area contributed by atoms with Crippen molar-refractivity contribution in [3.8, 4) is 0 Å². The highest BCUT2D eigenvalue weighted by molar-refractivity contribution is 5.89. The minimum atomic E-state index is -0.296. The quantitative estimate of drug-likeness (QED) is 0.767. The normalized spacial score (nSPS) is 16.3. The Morgan fingerprint density at radius 3 is 2.58 bits per heavy atom. The van der Waals surface area contributed by atoms with E-state index in [1.807, 2.05) is 12.1 Å². The van der Waals surface area contributed by atoms with E-state index >= 15 is 0 Å². The highest BCUT2D eigenvalue weighted by atomic mass is 16.7. The highest BCUT2D eigenvalue weighted by Gasteiger charge is 2.13. The number of aryl methyl sites for hydroxylation is 1. The van der Waals surface area contributed by atoms with Crippen molar-refractivity contribution >= 4 is 5.97 Å². The zero-order valence-corrected chi connectivity index (χ0v) is 11.3. The van der Waals surface area contributed by atoms with E-state index in [9.17, 15) is 4.79 Å². The molecular formula is C15H20O4. The fraction of sp³-hybridized carbons (Fsp3) is 0.533. The fourth-order valence-electron chi connectivity index (χ4n) is 2.10. The summed E-state index contributed by atoms with van der Waals surface area (Å²) in [6.07, 6.45) is 3.85. The molecule has 1 aliphatic rings. The molecule has 104 valence electrons. The lowest BCUT2D eigenvalue weighted by atomic mass is 10.1. The van der Waals surface area contributed by atoms with Gasteiger partial charge in [-0.2, -0.15) is 0 Å². The van der Waals surface area contributed by atoms with Crippen molar-refractivity contribution in [3.05, 3.63) is 35.4 Å². The lowest BCUT2D eigenvalue weighted by Crippen LogP contribution is -2.24. The fourth-order valence-corrected chi connectivity index (χ4v) is 2.10. The highest BCUT2D eigenvalue weighted by Crippen LogP contribution is 2.14. The maximum absolute atomic E-state index is 11.3. The topological polar surface area (TPSA) is 44.8 Å². The second-order valence-electron chi connectivity index (χ2n) is 4.61. The Bertz CT molecular complexity index is 393. The van der Waals surface area contributed by atoms with Crippen molar-refractivity contribution in [2.45, 2.75) is 32.0 Å². The Morgan fingerprint density at radius 2 is 1.95 bits per heavy atom. The van der Waals surface area contributed by atoms with Crippen LogP contribution in [0.4, 0.5) is 0 Å². The van der Waals surface area contributed by atoms with Gasteiger partial charge in [0, 0.05) is 0 Å². The summed E-state index contributed by atoms with van der Waals surface area (Å²) in [7, 11) is 1.39. The first kappa shape index (κ1) is 14.0. The van der Waals surface area contributed by atoms with E-state index in [2.05, 4.69) is 4.74 Å². The third-order valence-corrected chi connectivity index (χ3v) is 3.18. The van der Waals surface area contributed by atoms with E-state index in [1.54, 1.807) is 12.1 Å². The molecular weight excluding hydrogens is 244 g/mol. The molecule has 0 amide bonds. The van der Waals surface area contributed by atoms with Crippen molar-refractivity contribution in [1.29, 1.82) is 0 Å². The minimum Gasteiger partial charge on any atom is -0.465 e. The van der Waals surface area contributed by atoms with E-state index in [0.717, 1.165) is 38.9 Å². The third kappa shape index (κ3) is 4.33. The molecule has 1 aliphatic heterocycles. The molecule has 4 heteroatoms. The monoisotopic (exact) mass is 264 g/mol. The minimum absolute atomic E-state index is 0.0388. The zero-order valence-electron chi connectivity index (χ0n) is 11.3. The summed E-state index contributed by atoms with van der Waals surface area (Å²) in [5, 5.41) is 0. The second kappa shape index (κ2) is 7.26.